The number of hydrogen-bond acceptors (Lipinski definition) is 4. The van der Waals surface area contributed by atoms with E-state index in [9.17, 15) is 8.42 Å². The molecule has 2 aliphatic rings. The number of rotatable bonds is 6. The van der Waals surface area contributed by atoms with Gasteiger partial charge in [0.15, 0.2) is 5.96 Å². The number of benzene rings is 1. The average molecular weight is 536 g/mol. The fraction of sp³-hybridized carbons (Fsp3) is 0.650. The van der Waals surface area contributed by atoms with Gasteiger partial charge in [-0.1, -0.05) is 18.2 Å². The Hall–Kier alpha value is -0.910. The molecule has 0 aromatic heterocycles. The Kier molecular flexibility index (Phi) is 9.17. The minimum atomic E-state index is -3.38. The van der Waals surface area contributed by atoms with Gasteiger partial charge in [-0.25, -0.2) is 8.42 Å². The van der Waals surface area contributed by atoms with Crippen LogP contribution in [-0.4, -0.2) is 64.1 Å². The highest BCUT2D eigenvalue weighted by Gasteiger charge is 2.31. The third-order valence-electron chi connectivity index (χ3n) is 5.67. The molecule has 1 unspecified atom stereocenters. The minimum Gasteiger partial charge on any atom is -0.373 e. The van der Waals surface area contributed by atoms with Crippen LogP contribution in [0.3, 0.4) is 0 Å². The van der Waals surface area contributed by atoms with E-state index in [-0.39, 0.29) is 29.6 Å². The molecule has 29 heavy (non-hydrogen) atoms. The number of piperidine rings is 1. The van der Waals surface area contributed by atoms with E-state index >= 15 is 0 Å². The van der Waals surface area contributed by atoms with Gasteiger partial charge in [-0.2, -0.15) is 4.31 Å². The second-order valence-electron chi connectivity index (χ2n) is 7.87. The van der Waals surface area contributed by atoms with E-state index in [0.717, 1.165) is 51.3 Å². The average Bonchev–Trinajstić information content (AvgIpc) is 3.16. The summed E-state index contributed by atoms with van der Waals surface area (Å²) in [6, 6.07) is 8.68. The van der Waals surface area contributed by atoms with Crippen LogP contribution in [-0.2, 0) is 14.8 Å². The number of nitrogens with one attached hydrogen (secondary N) is 2. The van der Waals surface area contributed by atoms with Crippen molar-refractivity contribution < 1.29 is 13.2 Å². The third-order valence-corrected chi connectivity index (χ3v) is 7.58. The molecule has 7 nitrogen and oxygen atoms in total. The van der Waals surface area contributed by atoms with E-state index in [2.05, 4.69) is 22.5 Å². The van der Waals surface area contributed by atoms with Gasteiger partial charge in [-0.15, -0.1) is 24.0 Å². The highest BCUT2D eigenvalue weighted by Crippen LogP contribution is 2.24. The van der Waals surface area contributed by atoms with E-state index in [1.165, 1.54) is 0 Å². The van der Waals surface area contributed by atoms with Gasteiger partial charge in [0.2, 0.25) is 10.0 Å². The molecule has 3 rings (SSSR count). The molecule has 9 heteroatoms. The van der Waals surface area contributed by atoms with Crippen LogP contribution in [0.5, 0.6) is 0 Å². The Morgan fingerprint density at radius 2 is 1.93 bits per heavy atom. The largest absolute Gasteiger partial charge is 0.373 e. The first-order chi connectivity index (χ1) is 13.4. The first-order valence-corrected chi connectivity index (χ1v) is 11.5. The molecule has 0 radical (unpaired) electrons. The first-order valence-electron chi connectivity index (χ1n) is 10.1. The van der Waals surface area contributed by atoms with Crippen molar-refractivity contribution in [2.45, 2.75) is 43.1 Å². The topological polar surface area (TPSA) is 83.0 Å². The summed E-state index contributed by atoms with van der Waals surface area (Å²) in [4.78, 5) is 4.66. The summed E-state index contributed by atoms with van der Waals surface area (Å²) in [5.74, 6) is 1.20. The van der Waals surface area contributed by atoms with Gasteiger partial charge < -0.3 is 15.4 Å². The van der Waals surface area contributed by atoms with Gasteiger partial charge in [-0.05, 0) is 50.7 Å². The highest BCUT2D eigenvalue weighted by atomic mass is 127. The number of ether oxygens (including phenoxy) is 1. The molecule has 0 bridgehead atoms. The van der Waals surface area contributed by atoms with Crippen LogP contribution < -0.4 is 10.6 Å². The summed E-state index contributed by atoms with van der Waals surface area (Å²) in [6.07, 6.45) is 3.85. The fourth-order valence-corrected chi connectivity index (χ4v) is 5.29. The molecular formula is C20H33IN4O3S. The lowest BCUT2D eigenvalue weighted by Crippen LogP contribution is -2.47. The van der Waals surface area contributed by atoms with Gasteiger partial charge in [0.1, 0.15) is 0 Å². The van der Waals surface area contributed by atoms with Gasteiger partial charge in [-0.3, -0.25) is 4.99 Å². The van der Waals surface area contributed by atoms with Crippen LogP contribution in [0.1, 0.15) is 32.6 Å². The van der Waals surface area contributed by atoms with Crippen molar-refractivity contribution in [1.82, 2.24) is 14.9 Å². The van der Waals surface area contributed by atoms with Crippen molar-refractivity contribution in [3.8, 4) is 0 Å². The number of aliphatic imine (C=N–C) groups is 1. The van der Waals surface area contributed by atoms with Crippen molar-refractivity contribution >= 4 is 40.0 Å². The van der Waals surface area contributed by atoms with E-state index in [4.69, 9.17) is 4.74 Å². The molecule has 2 N–H and O–H groups in total. The fourth-order valence-electron chi connectivity index (χ4n) is 3.80. The van der Waals surface area contributed by atoms with Crippen molar-refractivity contribution in [2.75, 3.05) is 39.8 Å². The van der Waals surface area contributed by atoms with Crippen molar-refractivity contribution in [3.63, 3.8) is 0 Å². The Morgan fingerprint density at radius 1 is 1.24 bits per heavy atom. The summed E-state index contributed by atoms with van der Waals surface area (Å²) in [5, 5.41) is 6.73. The van der Waals surface area contributed by atoms with Crippen molar-refractivity contribution in [3.05, 3.63) is 30.3 Å². The summed E-state index contributed by atoms with van der Waals surface area (Å²) in [7, 11) is -1.62. The molecule has 2 fully saturated rings. The third kappa shape index (κ3) is 6.53. The van der Waals surface area contributed by atoms with Gasteiger partial charge >= 0.3 is 0 Å². The van der Waals surface area contributed by atoms with Gasteiger partial charge in [0.05, 0.1) is 10.5 Å². The molecule has 1 aromatic carbocycles. The maximum atomic E-state index is 12.7. The van der Waals surface area contributed by atoms with Crippen molar-refractivity contribution in [1.29, 1.82) is 0 Å². The number of hydrogen-bond donors (Lipinski definition) is 2. The Labute approximate surface area is 191 Å². The SMILES string of the molecule is CN=C(NCC1CCN(S(=O)(=O)c2ccccc2)CC1)NCC1(C)CCCO1.I. The Balaban J connectivity index is 0.00000300. The van der Waals surface area contributed by atoms with Gasteiger partial charge in [0.25, 0.3) is 0 Å². The normalized spacial score (nSPS) is 24.1. The first kappa shape index (κ1) is 24.4. The molecule has 0 aliphatic carbocycles. The molecule has 0 amide bonds. The summed E-state index contributed by atoms with van der Waals surface area (Å²) < 4.78 is 32.8. The van der Waals surface area contributed by atoms with Gasteiger partial charge in [0, 0.05) is 39.8 Å². The molecule has 1 atom stereocenters. The number of guanidine groups is 1. The number of sulfonamides is 1. The smallest absolute Gasteiger partial charge is 0.243 e. The molecule has 2 aliphatic heterocycles. The molecule has 0 spiro atoms. The van der Waals surface area contributed by atoms with E-state index in [1.807, 2.05) is 6.07 Å². The standard InChI is InChI=1S/C20H32N4O3S.HI/c1-20(11-6-14-27-20)16-23-19(21-2)22-15-17-9-12-24(13-10-17)28(25,26)18-7-4-3-5-8-18;/h3-5,7-8,17H,6,9-16H2,1-2H3,(H2,21,22,23);1H. The lowest BCUT2D eigenvalue weighted by atomic mass is 9.98. The van der Waals surface area contributed by atoms with Crippen LogP contribution in [0, 0.1) is 5.92 Å². The second kappa shape index (κ2) is 10.9. The highest BCUT2D eigenvalue weighted by molar-refractivity contribution is 14.0. The molecule has 0 saturated carbocycles. The van der Waals surface area contributed by atoms with Crippen LogP contribution >= 0.6 is 24.0 Å². The number of nitrogens with zero attached hydrogens (tertiary/aromatic N) is 2. The Bertz CT molecular complexity index is 759. The monoisotopic (exact) mass is 536 g/mol. The van der Waals surface area contributed by atoms with E-state index in [1.54, 1.807) is 35.6 Å². The molecule has 164 valence electrons. The predicted molar refractivity (Wildman–Crippen MR) is 126 cm³/mol. The molecule has 1 aromatic rings. The lowest BCUT2D eigenvalue weighted by molar-refractivity contribution is 0.0242. The predicted octanol–water partition coefficient (Wildman–Crippen LogP) is 2.44. The van der Waals surface area contributed by atoms with Crippen LogP contribution in [0.25, 0.3) is 0 Å². The molecule has 2 saturated heterocycles. The lowest BCUT2D eigenvalue weighted by Gasteiger charge is -2.31. The quantitative estimate of drug-likeness (QED) is 0.332. The number of halogens is 1. The molecular weight excluding hydrogens is 503 g/mol. The summed E-state index contributed by atoms with van der Waals surface area (Å²) in [5.41, 5.74) is -0.116. The van der Waals surface area contributed by atoms with Crippen molar-refractivity contribution in [2.24, 2.45) is 10.9 Å². The Morgan fingerprint density at radius 3 is 2.52 bits per heavy atom. The van der Waals surface area contributed by atoms with Crippen LogP contribution in [0.4, 0.5) is 0 Å². The zero-order chi connectivity index (χ0) is 20.0. The maximum Gasteiger partial charge on any atom is 0.243 e. The minimum absolute atomic E-state index is 0. The second-order valence-corrected chi connectivity index (χ2v) is 9.81. The van der Waals surface area contributed by atoms with E-state index in [0.29, 0.717) is 23.9 Å². The molecule has 2 heterocycles. The zero-order valence-electron chi connectivity index (χ0n) is 17.3. The zero-order valence-corrected chi connectivity index (χ0v) is 20.4. The van der Waals surface area contributed by atoms with Crippen LogP contribution in [0.2, 0.25) is 0 Å². The van der Waals surface area contributed by atoms with E-state index < -0.39 is 10.0 Å². The maximum absolute atomic E-state index is 12.7. The van der Waals surface area contributed by atoms with Crippen LogP contribution in [0.15, 0.2) is 40.2 Å². The summed E-state index contributed by atoms with van der Waals surface area (Å²) in [6.45, 7) is 5.60. The summed E-state index contributed by atoms with van der Waals surface area (Å²) >= 11 is 0.